The molecule has 2 fully saturated rings. The molecule has 1 aromatic rings. The molecule has 3 rings (SSSR count). The van der Waals surface area contributed by atoms with Gasteiger partial charge in [-0.15, -0.1) is 0 Å². The van der Waals surface area contributed by atoms with Gasteiger partial charge in [0.1, 0.15) is 5.75 Å². The summed E-state index contributed by atoms with van der Waals surface area (Å²) in [7, 11) is 1.58. The van der Waals surface area contributed by atoms with E-state index in [0.29, 0.717) is 11.4 Å². The molecule has 0 aromatic heterocycles. The van der Waals surface area contributed by atoms with Gasteiger partial charge in [0.25, 0.3) is 0 Å². The largest absolute Gasteiger partial charge is 0.497 e. The Kier molecular flexibility index (Phi) is 3.01. The Balaban J connectivity index is 1.95. The lowest BCUT2D eigenvalue weighted by molar-refractivity contribution is -0.122. The quantitative estimate of drug-likeness (QED) is 0.766. The highest BCUT2D eigenvalue weighted by atomic mass is 16.5. The maximum atomic E-state index is 12.4. The minimum absolute atomic E-state index is 0.0389. The number of rotatable bonds is 2. The van der Waals surface area contributed by atoms with E-state index in [2.05, 4.69) is 0 Å². The van der Waals surface area contributed by atoms with E-state index >= 15 is 0 Å². The summed E-state index contributed by atoms with van der Waals surface area (Å²) in [5.41, 5.74) is 0.628. The number of amides is 2. The lowest BCUT2D eigenvalue weighted by Crippen LogP contribution is -2.30. The van der Waals surface area contributed by atoms with Crippen molar-refractivity contribution >= 4 is 17.5 Å². The van der Waals surface area contributed by atoms with Crippen molar-refractivity contribution in [1.82, 2.24) is 0 Å². The van der Waals surface area contributed by atoms with Crippen LogP contribution in [0.3, 0.4) is 0 Å². The fraction of sp³-hybridized carbons (Fsp3) is 0.467. The first-order valence-electron chi connectivity index (χ1n) is 6.74. The van der Waals surface area contributed by atoms with Gasteiger partial charge in [-0.3, -0.25) is 9.59 Å². The zero-order chi connectivity index (χ0) is 13.4. The van der Waals surface area contributed by atoms with Crippen molar-refractivity contribution in [2.24, 2.45) is 11.8 Å². The molecule has 1 saturated heterocycles. The first-order chi connectivity index (χ1) is 9.22. The van der Waals surface area contributed by atoms with Crippen LogP contribution in [0.2, 0.25) is 0 Å². The van der Waals surface area contributed by atoms with Crippen LogP contribution in [0.1, 0.15) is 25.7 Å². The van der Waals surface area contributed by atoms with E-state index in [1.165, 1.54) is 4.90 Å². The normalized spacial score (nSPS) is 26.5. The molecule has 1 saturated carbocycles. The Hall–Kier alpha value is -1.84. The van der Waals surface area contributed by atoms with Crippen LogP contribution in [0, 0.1) is 11.8 Å². The van der Waals surface area contributed by atoms with Crippen molar-refractivity contribution in [3.63, 3.8) is 0 Å². The van der Waals surface area contributed by atoms with E-state index in [1.807, 2.05) is 6.07 Å². The van der Waals surface area contributed by atoms with Crippen molar-refractivity contribution in [2.45, 2.75) is 25.7 Å². The van der Waals surface area contributed by atoms with Crippen LogP contribution >= 0.6 is 0 Å². The zero-order valence-corrected chi connectivity index (χ0v) is 11.0. The number of carbonyl (C=O) groups excluding carboxylic acids is 2. The zero-order valence-electron chi connectivity index (χ0n) is 11.0. The summed E-state index contributed by atoms with van der Waals surface area (Å²) in [4.78, 5) is 26.2. The number of nitrogens with zero attached hydrogens (tertiary/aromatic N) is 1. The minimum Gasteiger partial charge on any atom is -0.497 e. The number of carbonyl (C=O) groups is 2. The van der Waals surface area contributed by atoms with E-state index < -0.39 is 0 Å². The molecular weight excluding hydrogens is 242 g/mol. The smallest absolute Gasteiger partial charge is 0.237 e. The Morgan fingerprint density at radius 2 is 1.74 bits per heavy atom. The Morgan fingerprint density at radius 3 is 2.32 bits per heavy atom. The fourth-order valence-corrected chi connectivity index (χ4v) is 3.17. The Bertz CT molecular complexity index is 502. The minimum atomic E-state index is -0.104. The van der Waals surface area contributed by atoms with Gasteiger partial charge >= 0.3 is 0 Å². The maximum Gasteiger partial charge on any atom is 0.237 e. The Labute approximate surface area is 112 Å². The number of hydrogen-bond donors (Lipinski definition) is 0. The number of imide groups is 1. The maximum absolute atomic E-state index is 12.4. The number of hydrogen-bond acceptors (Lipinski definition) is 3. The molecule has 1 heterocycles. The standard InChI is InChI=1S/C15H17NO3/c1-19-11-6-4-5-10(9-11)16-14(17)12-7-2-3-8-13(12)15(16)18/h4-6,9,12-13H,2-3,7-8H2,1H3/t12-,13-/m0/s1. The van der Waals surface area contributed by atoms with Crippen LogP contribution in [0.5, 0.6) is 5.75 Å². The molecule has 100 valence electrons. The SMILES string of the molecule is COc1cccc(N2C(=O)[C@H]3CCCC[C@@H]3C2=O)c1. The van der Waals surface area contributed by atoms with Crippen molar-refractivity contribution in [3.8, 4) is 5.75 Å². The van der Waals surface area contributed by atoms with Gasteiger partial charge in [-0.25, -0.2) is 4.90 Å². The average Bonchev–Trinajstić information content (AvgIpc) is 2.72. The lowest BCUT2D eigenvalue weighted by Gasteiger charge is -2.19. The third-order valence-electron chi connectivity index (χ3n) is 4.15. The Morgan fingerprint density at radius 1 is 1.11 bits per heavy atom. The van der Waals surface area contributed by atoms with Gasteiger partial charge in [0.15, 0.2) is 0 Å². The molecule has 0 spiro atoms. The molecule has 2 aliphatic rings. The van der Waals surface area contributed by atoms with E-state index in [-0.39, 0.29) is 23.7 Å². The third-order valence-corrected chi connectivity index (χ3v) is 4.15. The highest BCUT2D eigenvalue weighted by Crippen LogP contribution is 2.40. The molecule has 4 heteroatoms. The van der Waals surface area contributed by atoms with Gasteiger partial charge in [-0.1, -0.05) is 18.9 Å². The average molecular weight is 259 g/mol. The molecular formula is C15H17NO3. The van der Waals surface area contributed by atoms with Gasteiger partial charge in [0, 0.05) is 6.07 Å². The van der Waals surface area contributed by atoms with Crippen LogP contribution in [0.25, 0.3) is 0 Å². The molecule has 1 aromatic carbocycles. The van der Waals surface area contributed by atoms with Crippen LogP contribution in [-0.4, -0.2) is 18.9 Å². The summed E-state index contributed by atoms with van der Waals surface area (Å²) < 4.78 is 5.15. The van der Waals surface area contributed by atoms with E-state index in [1.54, 1.807) is 25.3 Å². The van der Waals surface area contributed by atoms with Crippen LogP contribution < -0.4 is 9.64 Å². The summed E-state index contributed by atoms with van der Waals surface area (Å²) >= 11 is 0. The van der Waals surface area contributed by atoms with Crippen LogP contribution in [0.15, 0.2) is 24.3 Å². The van der Waals surface area contributed by atoms with E-state index in [0.717, 1.165) is 25.7 Å². The number of benzene rings is 1. The van der Waals surface area contributed by atoms with Crippen molar-refractivity contribution < 1.29 is 14.3 Å². The first-order valence-corrected chi connectivity index (χ1v) is 6.74. The number of ether oxygens (including phenoxy) is 1. The molecule has 0 radical (unpaired) electrons. The van der Waals surface area contributed by atoms with Crippen molar-refractivity contribution in [2.75, 3.05) is 12.0 Å². The van der Waals surface area contributed by atoms with E-state index in [4.69, 9.17) is 4.74 Å². The summed E-state index contributed by atoms with van der Waals surface area (Å²) in [5.74, 6) is 0.374. The summed E-state index contributed by atoms with van der Waals surface area (Å²) in [5, 5.41) is 0. The second-order valence-corrected chi connectivity index (χ2v) is 5.21. The molecule has 2 amide bonds. The molecule has 4 nitrogen and oxygen atoms in total. The highest BCUT2D eigenvalue weighted by Gasteiger charge is 2.48. The fourth-order valence-electron chi connectivity index (χ4n) is 3.17. The summed E-state index contributed by atoms with van der Waals surface area (Å²) in [6.45, 7) is 0. The second kappa shape index (κ2) is 4.68. The molecule has 2 atom stereocenters. The van der Waals surface area contributed by atoms with Crippen molar-refractivity contribution in [1.29, 1.82) is 0 Å². The van der Waals surface area contributed by atoms with Crippen LogP contribution in [0.4, 0.5) is 5.69 Å². The lowest BCUT2D eigenvalue weighted by atomic mass is 9.81. The molecule has 19 heavy (non-hydrogen) atoms. The number of methoxy groups -OCH3 is 1. The number of fused-ring (bicyclic) bond motifs is 1. The highest BCUT2D eigenvalue weighted by molar-refractivity contribution is 6.22. The predicted molar refractivity (Wildman–Crippen MR) is 70.9 cm³/mol. The topological polar surface area (TPSA) is 46.6 Å². The monoisotopic (exact) mass is 259 g/mol. The van der Waals surface area contributed by atoms with Gasteiger partial charge in [-0.2, -0.15) is 0 Å². The molecule has 1 aliphatic carbocycles. The number of anilines is 1. The van der Waals surface area contributed by atoms with Crippen LogP contribution in [-0.2, 0) is 9.59 Å². The predicted octanol–water partition coefficient (Wildman–Crippen LogP) is 2.37. The van der Waals surface area contributed by atoms with E-state index in [9.17, 15) is 9.59 Å². The molecule has 0 bridgehead atoms. The summed E-state index contributed by atoms with van der Waals surface area (Å²) in [6.07, 6.45) is 3.78. The summed E-state index contributed by atoms with van der Waals surface area (Å²) in [6, 6.07) is 7.14. The van der Waals surface area contributed by atoms with Gasteiger partial charge in [0.2, 0.25) is 11.8 Å². The van der Waals surface area contributed by atoms with Gasteiger partial charge < -0.3 is 4.74 Å². The van der Waals surface area contributed by atoms with Gasteiger partial charge in [-0.05, 0) is 25.0 Å². The third kappa shape index (κ3) is 1.91. The second-order valence-electron chi connectivity index (χ2n) is 5.21. The van der Waals surface area contributed by atoms with Gasteiger partial charge in [0.05, 0.1) is 24.6 Å². The molecule has 0 N–H and O–H groups in total. The molecule has 1 aliphatic heterocycles. The molecule has 0 unspecified atom stereocenters. The first kappa shape index (κ1) is 12.2. The van der Waals surface area contributed by atoms with Crippen molar-refractivity contribution in [3.05, 3.63) is 24.3 Å².